The molecule has 0 aliphatic rings. The average molecular weight is 548 g/mol. The molecule has 0 atom stereocenters. The van der Waals surface area contributed by atoms with Crippen LogP contribution in [-0.4, -0.2) is 35.0 Å². The minimum absolute atomic E-state index is 0. The van der Waals surface area contributed by atoms with Gasteiger partial charge in [-0.1, -0.05) is 60.7 Å². The molecule has 0 spiro atoms. The van der Waals surface area contributed by atoms with Crippen LogP contribution in [0.3, 0.4) is 0 Å². The first-order valence-corrected chi connectivity index (χ1v) is 9.53. The van der Waals surface area contributed by atoms with Gasteiger partial charge in [0.1, 0.15) is 0 Å². The number of rotatable bonds is 2. The summed E-state index contributed by atoms with van der Waals surface area (Å²) in [6.07, 6.45) is 0. The summed E-state index contributed by atoms with van der Waals surface area (Å²) in [6.45, 7) is 1.78. The van der Waals surface area contributed by atoms with Gasteiger partial charge in [-0.25, -0.2) is 0 Å². The average Bonchev–Trinajstić information content (AvgIpc) is 2.54. The summed E-state index contributed by atoms with van der Waals surface area (Å²) in [7, 11) is -10.3. The van der Waals surface area contributed by atoms with Crippen LogP contribution in [0.4, 0.5) is 0 Å². The summed E-state index contributed by atoms with van der Waals surface area (Å²) in [5.41, 5.74) is 10.1. The summed E-state index contributed by atoms with van der Waals surface area (Å²) in [5.74, 6) is 0. The molecule has 17 heteroatoms. The standard InChI is InChI=1S/2C7H9N.Cu.2H2O4S.4H2O/c2*8-6-7-4-2-1-3-5-7;;2*1-5(2,3)4;;;;/h2*1-5H,6,8H2;;2*(H2,1,2,3,4);4*1H2/q;;+2;;;;;;/p+2. The van der Waals surface area contributed by atoms with Gasteiger partial charge in [-0.05, 0) is 0 Å². The van der Waals surface area contributed by atoms with E-state index in [-0.39, 0.29) is 39.0 Å². The van der Waals surface area contributed by atoms with Crippen LogP contribution >= 0.6 is 0 Å². The van der Waals surface area contributed by atoms with E-state index < -0.39 is 20.8 Å². The van der Waals surface area contributed by atoms with E-state index in [0.29, 0.717) is 0 Å². The van der Waals surface area contributed by atoms with Crippen LogP contribution < -0.4 is 11.5 Å². The molecular formula is C14H32CuN2O12S2+4. The molecule has 189 valence electrons. The zero-order valence-electron chi connectivity index (χ0n) is 16.3. The van der Waals surface area contributed by atoms with Crippen molar-refractivity contribution in [2.24, 2.45) is 0 Å². The van der Waals surface area contributed by atoms with Crippen molar-refractivity contribution < 1.29 is 85.5 Å². The van der Waals surface area contributed by atoms with Crippen molar-refractivity contribution in [3.63, 3.8) is 0 Å². The van der Waals surface area contributed by atoms with Crippen molar-refractivity contribution in [2.45, 2.75) is 13.1 Å². The first-order chi connectivity index (χ1) is 11.9. The van der Waals surface area contributed by atoms with E-state index in [4.69, 9.17) is 35.0 Å². The van der Waals surface area contributed by atoms with Crippen LogP contribution in [0.2, 0.25) is 0 Å². The van der Waals surface area contributed by atoms with Crippen molar-refractivity contribution in [1.82, 2.24) is 0 Å². The number of benzene rings is 2. The van der Waals surface area contributed by atoms with Gasteiger partial charge < -0.3 is 51.6 Å². The van der Waals surface area contributed by atoms with Crippen molar-refractivity contribution in [3.8, 4) is 0 Å². The van der Waals surface area contributed by atoms with E-state index in [1.54, 1.807) is 0 Å². The van der Waals surface area contributed by atoms with Gasteiger partial charge in [-0.2, -0.15) is 0 Å². The van der Waals surface area contributed by atoms with Crippen LogP contribution in [-0.2, 0) is 72.9 Å². The molecule has 0 saturated heterocycles. The van der Waals surface area contributed by atoms with E-state index in [2.05, 4.69) is 35.7 Å². The van der Waals surface area contributed by atoms with Gasteiger partial charge in [0.05, 0.1) is 13.1 Å². The van der Waals surface area contributed by atoms with Crippen LogP contribution in [0.5, 0.6) is 0 Å². The maximum absolute atomic E-state index is 8.52. The van der Waals surface area contributed by atoms with Gasteiger partial charge in [-0.15, -0.1) is 0 Å². The summed E-state index contributed by atoms with van der Waals surface area (Å²) < 4.78 is 68.2. The molecule has 0 bridgehead atoms. The molecule has 0 unspecified atom stereocenters. The molecule has 0 amide bonds. The van der Waals surface area contributed by atoms with E-state index in [0.717, 1.165) is 13.1 Å². The summed E-state index contributed by atoms with van der Waals surface area (Å²) in [4.78, 5) is 0. The second-order valence-corrected chi connectivity index (χ2v) is 5.92. The summed E-state index contributed by atoms with van der Waals surface area (Å²) in [6, 6.07) is 20.4. The fourth-order valence-electron chi connectivity index (χ4n) is 1.29. The number of quaternary nitrogens is 2. The second-order valence-electron chi connectivity index (χ2n) is 4.29. The van der Waals surface area contributed by atoms with Crippen molar-refractivity contribution >= 4 is 20.8 Å². The van der Waals surface area contributed by atoms with Gasteiger partial charge in [0.2, 0.25) is 0 Å². The Morgan fingerprint density at radius 2 is 0.710 bits per heavy atom. The molecule has 14 nitrogen and oxygen atoms in total. The summed E-state index contributed by atoms with van der Waals surface area (Å²) >= 11 is 0. The van der Waals surface area contributed by atoms with E-state index >= 15 is 0 Å². The second kappa shape index (κ2) is 26.5. The van der Waals surface area contributed by atoms with Gasteiger partial charge in [0, 0.05) is 31.9 Å². The minimum atomic E-state index is -5.17. The third kappa shape index (κ3) is 58.5. The predicted octanol–water partition coefficient (Wildman–Crippen LogP) is -5.51. The molecule has 31 heavy (non-hydrogen) atoms. The smallest absolute Gasteiger partial charge is 0.759 e. The molecule has 2 rings (SSSR count). The molecule has 0 aromatic heterocycles. The van der Waals surface area contributed by atoms with Gasteiger partial charge >= 0.3 is 17.1 Å². The molecule has 18 N–H and O–H groups in total. The van der Waals surface area contributed by atoms with Gasteiger partial charge in [0.15, 0.2) is 0 Å². The van der Waals surface area contributed by atoms with Gasteiger partial charge in [-0.3, -0.25) is 16.8 Å². The molecule has 0 fully saturated rings. The molecule has 2 aromatic carbocycles. The molecule has 0 aliphatic heterocycles. The van der Waals surface area contributed by atoms with Crippen LogP contribution in [0.15, 0.2) is 60.7 Å². The fourth-order valence-corrected chi connectivity index (χ4v) is 1.29. The Morgan fingerprint density at radius 3 is 0.806 bits per heavy atom. The first-order valence-electron chi connectivity index (χ1n) is 6.86. The Labute approximate surface area is 191 Å². The predicted molar refractivity (Wildman–Crippen MR) is 107 cm³/mol. The third-order valence-corrected chi connectivity index (χ3v) is 2.26. The molecular weight excluding hydrogens is 516 g/mol. The Hall–Kier alpha value is -1.54. The third-order valence-electron chi connectivity index (χ3n) is 2.26. The zero-order valence-corrected chi connectivity index (χ0v) is 18.9. The van der Waals surface area contributed by atoms with Gasteiger partial charge in [0.25, 0.3) is 0 Å². The first kappa shape index (κ1) is 47.3. The molecule has 0 heterocycles. The Kier molecular flexibility index (Phi) is 40.4. The topological polar surface area (TPSA) is 348 Å². The van der Waals surface area contributed by atoms with Crippen LogP contribution in [0.25, 0.3) is 0 Å². The quantitative estimate of drug-likeness (QED) is 0.157. The molecule has 0 aliphatic carbocycles. The maximum Gasteiger partial charge on any atom is 2.00 e. The van der Waals surface area contributed by atoms with E-state index in [9.17, 15) is 0 Å². The minimum Gasteiger partial charge on any atom is -0.759 e. The molecule has 1 radical (unpaired) electrons. The molecule has 2 aromatic rings. The zero-order chi connectivity index (χ0) is 20.6. The fraction of sp³-hybridized carbons (Fsp3) is 0.143. The van der Waals surface area contributed by atoms with Crippen LogP contribution in [0, 0.1) is 0 Å². The Morgan fingerprint density at radius 1 is 0.548 bits per heavy atom. The Bertz CT molecular complexity index is 709. The van der Waals surface area contributed by atoms with E-state index in [1.807, 2.05) is 36.4 Å². The van der Waals surface area contributed by atoms with Crippen LogP contribution in [0.1, 0.15) is 11.1 Å². The SMILES string of the molecule is O=S(=O)([O-])[O-].O=S(=O)([O-])[O-].[Cu+2].[NH3+]Cc1ccccc1.[NH3+]Cc1ccccc1.[OH3+].[OH3+].[OH3+].[OH3+]. The van der Waals surface area contributed by atoms with Crippen molar-refractivity contribution in [2.75, 3.05) is 0 Å². The van der Waals surface area contributed by atoms with Crippen molar-refractivity contribution in [3.05, 3.63) is 71.8 Å². The number of hydrogen-bond donors (Lipinski definition) is 2. The van der Waals surface area contributed by atoms with E-state index in [1.165, 1.54) is 11.1 Å². The summed E-state index contributed by atoms with van der Waals surface area (Å²) in [5, 5.41) is 0. The monoisotopic (exact) mass is 547 g/mol. The molecule has 0 saturated carbocycles. The number of hydrogen-bond acceptors (Lipinski definition) is 8. The normalized spacial score (nSPS) is 8.45. The largest absolute Gasteiger partial charge is 2.00 e. The van der Waals surface area contributed by atoms with Crippen molar-refractivity contribution in [1.29, 1.82) is 0 Å². The maximum atomic E-state index is 8.52. The Balaban J connectivity index is -0.0000000482.